The highest BCUT2D eigenvalue weighted by molar-refractivity contribution is 8.01. The monoisotopic (exact) mass is 548 g/mol. The maximum absolute atomic E-state index is 14.4. The van der Waals surface area contributed by atoms with Gasteiger partial charge in [-0.1, -0.05) is 66.7 Å². The summed E-state index contributed by atoms with van der Waals surface area (Å²) in [6, 6.07) is 27.1. The second kappa shape index (κ2) is 8.32. The molecule has 3 saturated carbocycles. The van der Waals surface area contributed by atoms with Gasteiger partial charge in [0.15, 0.2) is 19.7 Å². The number of sulfone groups is 2. The maximum atomic E-state index is 14.4. The molecular weight excluding hydrogens is 521 g/mol. The lowest BCUT2D eigenvalue weighted by Crippen LogP contribution is -2.58. The fourth-order valence-corrected chi connectivity index (χ4v) is 15.3. The molecule has 0 unspecified atom stereocenters. The Balaban J connectivity index is 1.43. The second-order valence-corrected chi connectivity index (χ2v) is 16.4. The molecule has 4 nitrogen and oxygen atoms in total. The van der Waals surface area contributed by atoms with E-state index < -0.39 is 30.2 Å². The lowest BCUT2D eigenvalue weighted by atomic mass is 9.72. The number of allylic oxidation sites excluding steroid dienone is 2. The van der Waals surface area contributed by atoms with E-state index in [9.17, 15) is 16.8 Å². The van der Waals surface area contributed by atoms with Crippen molar-refractivity contribution in [3.05, 3.63) is 103 Å². The summed E-state index contributed by atoms with van der Waals surface area (Å²) in [5.74, 6) is 0.237. The first-order valence-electron chi connectivity index (χ1n) is 12.9. The molecule has 4 aliphatic rings. The van der Waals surface area contributed by atoms with Crippen molar-refractivity contribution < 1.29 is 16.8 Å². The Labute approximate surface area is 223 Å². The lowest BCUT2D eigenvalue weighted by molar-refractivity contribution is 0.242. The molecule has 7 heteroatoms. The first-order chi connectivity index (χ1) is 17.8. The first kappa shape index (κ1) is 23.7. The summed E-state index contributed by atoms with van der Waals surface area (Å²) in [5, 5.41) is -1.93. The van der Waals surface area contributed by atoms with E-state index in [1.165, 1.54) is 0 Å². The van der Waals surface area contributed by atoms with Gasteiger partial charge in [-0.3, -0.25) is 0 Å². The van der Waals surface area contributed by atoms with E-state index in [4.69, 9.17) is 0 Å². The van der Waals surface area contributed by atoms with Crippen LogP contribution in [0.4, 0.5) is 0 Å². The van der Waals surface area contributed by atoms with Crippen molar-refractivity contribution >= 4 is 31.4 Å². The van der Waals surface area contributed by atoms with Crippen LogP contribution in [0.5, 0.6) is 0 Å². The smallest absolute Gasteiger partial charge is 0.182 e. The molecule has 3 aromatic rings. The van der Waals surface area contributed by atoms with Crippen LogP contribution in [0.15, 0.2) is 118 Å². The van der Waals surface area contributed by atoms with Crippen molar-refractivity contribution in [1.29, 1.82) is 0 Å². The van der Waals surface area contributed by atoms with E-state index in [-0.39, 0.29) is 38.2 Å². The summed E-state index contributed by atoms with van der Waals surface area (Å²) in [7, 11) is -7.79. The zero-order valence-electron chi connectivity index (χ0n) is 20.1. The Bertz CT molecular complexity index is 1570. The summed E-state index contributed by atoms with van der Waals surface area (Å²) in [4.78, 5) is 1.57. The highest BCUT2D eigenvalue weighted by atomic mass is 32.2. The zero-order chi connectivity index (χ0) is 25.4. The molecule has 37 heavy (non-hydrogen) atoms. The minimum absolute atomic E-state index is 0.142. The third-order valence-corrected chi connectivity index (χ3v) is 15.8. The standard InChI is InChI=1S/C30H28O4S3/c31-36(32,23-12-6-2-7-13-23)28-25-19-26(29(28)37(33,34)24-14-8-3-9-15-24)30(35-22-10-4-1-5-11-22)21-17-16-20(18-21)27(25)30/h1-17,20-21,25-29H,18-19H2/t20-,21-,25-,26-,27+,28+,29-,30+/m0/s1. The van der Waals surface area contributed by atoms with E-state index >= 15 is 0 Å². The molecule has 0 amide bonds. The van der Waals surface area contributed by atoms with Crippen LogP contribution in [0.25, 0.3) is 0 Å². The Hall–Kier alpha value is -2.35. The third-order valence-electron chi connectivity index (χ3n) is 9.29. The van der Waals surface area contributed by atoms with Gasteiger partial charge in [0.25, 0.3) is 0 Å². The Morgan fingerprint density at radius 1 is 0.649 bits per heavy atom. The van der Waals surface area contributed by atoms with Gasteiger partial charge in [-0.15, -0.1) is 11.8 Å². The molecule has 0 N–H and O–H groups in total. The van der Waals surface area contributed by atoms with Gasteiger partial charge in [0.2, 0.25) is 0 Å². The van der Waals surface area contributed by atoms with Gasteiger partial charge < -0.3 is 0 Å². The fourth-order valence-electron chi connectivity index (χ4n) is 8.16. The molecule has 0 aliphatic heterocycles. The predicted molar refractivity (Wildman–Crippen MR) is 146 cm³/mol. The molecule has 8 atom stereocenters. The van der Waals surface area contributed by atoms with Crippen molar-refractivity contribution in [2.45, 2.75) is 42.8 Å². The maximum Gasteiger partial charge on any atom is 0.182 e. The van der Waals surface area contributed by atoms with Crippen LogP contribution in [0, 0.1) is 29.6 Å². The second-order valence-electron chi connectivity index (χ2n) is 10.8. The van der Waals surface area contributed by atoms with Crippen LogP contribution in [-0.4, -0.2) is 32.1 Å². The molecule has 7 rings (SSSR count). The molecule has 3 fully saturated rings. The van der Waals surface area contributed by atoms with Gasteiger partial charge in [-0.2, -0.15) is 0 Å². The molecular formula is C30H28O4S3. The quantitative estimate of drug-likeness (QED) is 0.293. The summed E-state index contributed by atoms with van der Waals surface area (Å²) in [5.41, 5.74) is 0. The number of hydrogen-bond acceptors (Lipinski definition) is 5. The van der Waals surface area contributed by atoms with Gasteiger partial charge in [-0.25, -0.2) is 16.8 Å². The normalized spacial score (nSPS) is 35.6. The van der Waals surface area contributed by atoms with Crippen LogP contribution < -0.4 is 0 Å². The number of rotatable bonds is 6. The first-order valence-corrected chi connectivity index (χ1v) is 16.8. The largest absolute Gasteiger partial charge is 0.223 e. The summed E-state index contributed by atoms with van der Waals surface area (Å²) >= 11 is 1.81. The molecule has 0 spiro atoms. The fraction of sp³-hybridized carbons (Fsp3) is 0.333. The molecule has 0 saturated heterocycles. The van der Waals surface area contributed by atoms with E-state index in [0.29, 0.717) is 12.3 Å². The SMILES string of the molecule is O=S(=O)(c1ccccc1)[C@@H]1[C@H]2C[C@@H]([C@@H]1S(=O)(=O)c1ccccc1)[C@@]1(Sc3ccccc3)[C@@H]2[C@H]2C=C[C@H]1C2. The van der Waals surface area contributed by atoms with E-state index in [2.05, 4.69) is 24.3 Å². The molecule has 3 aromatic carbocycles. The number of thioether (sulfide) groups is 1. The van der Waals surface area contributed by atoms with Crippen molar-refractivity contribution in [1.82, 2.24) is 0 Å². The van der Waals surface area contributed by atoms with E-state index in [0.717, 1.165) is 11.3 Å². The van der Waals surface area contributed by atoms with Gasteiger partial charge in [0.1, 0.15) is 0 Å². The average Bonchev–Trinajstić information content (AvgIpc) is 3.69. The molecule has 0 heterocycles. The lowest BCUT2D eigenvalue weighted by Gasteiger charge is -2.49. The minimum Gasteiger partial charge on any atom is -0.223 e. The molecule has 190 valence electrons. The molecule has 0 aromatic heterocycles. The van der Waals surface area contributed by atoms with Gasteiger partial charge >= 0.3 is 0 Å². The van der Waals surface area contributed by atoms with Crippen LogP contribution in [0.1, 0.15) is 12.8 Å². The predicted octanol–water partition coefficient (Wildman–Crippen LogP) is 5.67. The van der Waals surface area contributed by atoms with E-state index in [1.807, 2.05) is 30.0 Å². The zero-order valence-corrected chi connectivity index (χ0v) is 22.6. The molecule has 4 aliphatic carbocycles. The van der Waals surface area contributed by atoms with Crippen molar-refractivity contribution in [2.75, 3.05) is 0 Å². The summed E-state index contributed by atoms with van der Waals surface area (Å²) in [6.45, 7) is 0. The molecule has 0 radical (unpaired) electrons. The summed E-state index contributed by atoms with van der Waals surface area (Å²) < 4.78 is 57.1. The molecule has 4 bridgehead atoms. The van der Waals surface area contributed by atoms with Gasteiger partial charge in [0, 0.05) is 9.64 Å². The minimum atomic E-state index is -3.91. The van der Waals surface area contributed by atoms with Crippen molar-refractivity contribution in [3.63, 3.8) is 0 Å². The Morgan fingerprint density at radius 2 is 1.19 bits per heavy atom. The highest BCUT2D eigenvalue weighted by Crippen LogP contribution is 2.75. The summed E-state index contributed by atoms with van der Waals surface area (Å²) in [6.07, 6.45) is 6.16. The van der Waals surface area contributed by atoms with E-state index in [1.54, 1.807) is 60.7 Å². The topological polar surface area (TPSA) is 68.3 Å². The number of benzene rings is 3. The van der Waals surface area contributed by atoms with Gasteiger partial charge in [-0.05, 0) is 78.8 Å². The third kappa shape index (κ3) is 3.26. The highest BCUT2D eigenvalue weighted by Gasteiger charge is 2.77. The van der Waals surface area contributed by atoms with Crippen LogP contribution >= 0.6 is 11.8 Å². The number of fused-ring (bicyclic) bond motifs is 9. The Kier molecular flexibility index (Phi) is 5.34. The van der Waals surface area contributed by atoms with Crippen LogP contribution in [0.3, 0.4) is 0 Å². The van der Waals surface area contributed by atoms with Crippen molar-refractivity contribution in [3.8, 4) is 0 Å². The average molecular weight is 549 g/mol. The van der Waals surface area contributed by atoms with Gasteiger partial charge in [0.05, 0.1) is 20.3 Å². The van der Waals surface area contributed by atoms with Crippen LogP contribution in [0.2, 0.25) is 0 Å². The van der Waals surface area contributed by atoms with Crippen molar-refractivity contribution in [2.24, 2.45) is 29.6 Å². The number of hydrogen-bond donors (Lipinski definition) is 0. The Morgan fingerprint density at radius 3 is 1.78 bits per heavy atom. The van der Waals surface area contributed by atoms with Crippen LogP contribution in [-0.2, 0) is 19.7 Å².